The summed E-state index contributed by atoms with van der Waals surface area (Å²) in [4.78, 5) is 0. The quantitative estimate of drug-likeness (QED) is 0.459. The summed E-state index contributed by atoms with van der Waals surface area (Å²) in [5.74, 6) is -1.08. The van der Waals surface area contributed by atoms with Crippen LogP contribution >= 0.6 is 0 Å². The largest absolute Gasteiger partial charge is 0.203 e. The highest BCUT2D eigenvalue weighted by Crippen LogP contribution is 2.30. The first kappa shape index (κ1) is 17.1. The van der Waals surface area contributed by atoms with Gasteiger partial charge in [0.15, 0.2) is 11.7 Å². The van der Waals surface area contributed by atoms with Gasteiger partial charge in [-0.25, -0.2) is 8.78 Å². The summed E-state index contributed by atoms with van der Waals surface area (Å²) >= 11 is 0. The lowest BCUT2D eigenvalue weighted by Crippen LogP contribution is -2.04. The van der Waals surface area contributed by atoms with Crippen LogP contribution in [0.5, 0.6) is 0 Å². The average molecular weight is 256 g/mol. The summed E-state index contributed by atoms with van der Waals surface area (Å²) < 4.78 is 27.4. The zero-order valence-electron chi connectivity index (χ0n) is 12.2. The van der Waals surface area contributed by atoms with Crippen LogP contribution in [-0.4, -0.2) is 0 Å². The molecule has 0 nitrogen and oxygen atoms in total. The molecule has 0 heterocycles. The third-order valence-corrected chi connectivity index (χ3v) is 3.60. The molecule has 0 rings (SSSR count). The van der Waals surface area contributed by atoms with E-state index in [1.165, 1.54) is 0 Å². The lowest BCUT2D eigenvalue weighted by atomic mass is 9.91. The Labute approximate surface area is 110 Å². The van der Waals surface area contributed by atoms with Crippen LogP contribution < -0.4 is 0 Å². The van der Waals surface area contributed by atoms with Crippen LogP contribution in [0.1, 0.15) is 53.4 Å². The van der Waals surface area contributed by atoms with E-state index < -0.39 is 11.7 Å². The topological polar surface area (TPSA) is 0 Å². The van der Waals surface area contributed by atoms with Gasteiger partial charge < -0.3 is 0 Å². The molecular formula is C16H26F2. The van der Waals surface area contributed by atoms with Crippen molar-refractivity contribution < 1.29 is 8.78 Å². The summed E-state index contributed by atoms with van der Waals surface area (Å²) in [6, 6.07) is 0. The van der Waals surface area contributed by atoms with Gasteiger partial charge in [-0.05, 0) is 35.8 Å². The van der Waals surface area contributed by atoms with Crippen molar-refractivity contribution in [3.63, 3.8) is 0 Å². The second-order valence-electron chi connectivity index (χ2n) is 5.10. The third-order valence-electron chi connectivity index (χ3n) is 3.60. The van der Waals surface area contributed by atoms with Gasteiger partial charge in [0.25, 0.3) is 0 Å². The minimum atomic E-state index is -0.835. The molecule has 0 aliphatic rings. The molecule has 0 saturated carbocycles. The lowest BCUT2D eigenvalue weighted by Gasteiger charge is -2.16. The Hall–Kier alpha value is -0.920. The lowest BCUT2D eigenvalue weighted by molar-refractivity contribution is 0.440. The Kier molecular flexibility index (Phi) is 7.81. The van der Waals surface area contributed by atoms with Gasteiger partial charge in [-0.3, -0.25) is 0 Å². The monoisotopic (exact) mass is 256 g/mol. The Morgan fingerprint density at radius 3 is 2.00 bits per heavy atom. The highest BCUT2D eigenvalue weighted by Gasteiger charge is 2.17. The molecule has 2 unspecified atom stereocenters. The van der Waals surface area contributed by atoms with Crippen LogP contribution in [0.4, 0.5) is 8.78 Å². The molecule has 18 heavy (non-hydrogen) atoms. The predicted octanol–water partition coefficient (Wildman–Crippen LogP) is 6.12. The molecule has 0 aromatic heterocycles. The Balaban J connectivity index is 4.59. The number of allylic oxidation sites excluding steroid dienone is 4. The fourth-order valence-corrected chi connectivity index (χ4v) is 1.58. The van der Waals surface area contributed by atoms with Crippen molar-refractivity contribution in [2.75, 3.05) is 0 Å². The first-order valence-corrected chi connectivity index (χ1v) is 6.77. The van der Waals surface area contributed by atoms with Gasteiger partial charge in [0.1, 0.15) is 0 Å². The van der Waals surface area contributed by atoms with Crippen molar-refractivity contribution in [2.45, 2.75) is 53.4 Å². The molecule has 0 aliphatic heterocycles. The van der Waals surface area contributed by atoms with E-state index in [1.807, 2.05) is 6.92 Å². The van der Waals surface area contributed by atoms with Gasteiger partial charge in [-0.1, -0.05) is 53.7 Å². The van der Waals surface area contributed by atoms with Gasteiger partial charge in [0.2, 0.25) is 0 Å². The summed E-state index contributed by atoms with van der Waals surface area (Å²) in [6.07, 6.45) is 3.37. The second-order valence-corrected chi connectivity index (χ2v) is 5.10. The van der Waals surface area contributed by atoms with E-state index in [4.69, 9.17) is 0 Å². The highest BCUT2D eigenvalue weighted by atomic mass is 19.2. The first-order valence-electron chi connectivity index (χ1n) is 6.77. The van der Waals surface area contributed by atoms with Crippen LogP contribution in [0.3, 0.4) is 0 Å². The van der Waals surface area contributed by atoms with Crippen molar-refractivity contribution in [1.29, 1.82) is 0 Å². The van der Waals surface area contributed by atoms with Crippen molar-refractivity contribution in [2.24, 2.45) is 11.8 Å². The predicted molar refractivity (Wildman–Crippen MR) is 75.7 cm³/mol. The average Bonchev–Trinajstić information content (AvgIpc) is 2.40. The molecule has 0 aromatic rings. The minimum absolute atomic E-state index is 0.0330. The summed E-state index contributed by atoms with van der Waals surface area (Å²) in [7, 11) is 0. The van der Waals surface area contributed by atoms with E-state index in [0.717, 1.165) is 19.3 Å². The van der Waals surface area contributed by atoms with Gasteiger partial charge in [-0.15, -0.1) is 0 Å². The normalized spacial score (nSPS) is 15.9. The van der Waals surface area contributed by atoms with E-state index in [9.17, 15) is 8.78 Å². The molecular weight excluding hydrogens is 230 g/mol. The molecule has 2 atom stereocenters. The number of hydrogen-bond donors (Lipinski definition) is 0. The Morgan fingerprint density at radius 2 is 1.56 bits per heavy atom. The van der Waals surface area contributed by atoms with Gasteiger partial charge >= 0.3 is 0 Å². The Bertz CT molecular complexity index is 326. The van der Waals surface area contributed by atoms with E-state index in [-0.39, 0.29) is 17.1 Å². The zero-order valence-corrected chi connectivity index (χ0v) is 12.2. The summed E-state index contributed by atoms with van der Waals surface area (Å²) in [5, 5.41) is 0. The van der Waals surface area contributed by atoms with Gasteiger partial charge in [-0.2, -0.15) is 0 Å². The third kappa shape index (κ3) is 5.16. The van der Waals surface area contributed by atoms with E-state index in [1.54, 1.807) is 6.92 Å². The van der Waals surface area contributed by atoms with Crippen LogP contribution in [0.25, 0.3) is 0 Å². The van der Waals surface area contributed by atoms with E-state index in [2.05, 4.69) is 27.0 Å². The standard InChI is InChI=1S/C16H26F2/c1-7-11(3)9-10-13(5)14(6)16(18)15(17)12(4)8-2/h11,13H,4,6-10H2,1-3,5H3/b16-15-. The minimum Gasteiger partial charge on any atom is -0.203 e. The molecule has 0 saturated heterocycles. The van der Waals surface area contributed by atoms with Crippen molar-refractivity contribution in [3.05, 3.63) is 36.0 Å². The van der Waals surface area contributed by atoms with Crippen LogP contribution in [0.2, 0.25) is 0 Å². The molecule has 2 heteroatoms. The SMILES string of the molecule is C=C(CC)/C(F)=C(/F)C(=C)C(C)CCC(C)CC. The molecule has 0 aromatic carbocycles. The fraction of sp³-hybridized carbons (Fsp3) is 0.625. The number of hydrogen-bond acceptors (Lipinski definition) is 0. The first-order chi connectivity index (χ1) is 8.34. The maximum atomic E-state index is 13.8. The van der Waals surface area contributed by atoms with Crippen LogP contribution in [0, 0.1) is 11.8 Å². The van der Waals surface area contributed by atoms with Crippen molar-refractivity contribution >= 4 is 0 Å². The highest BCUT2D eigenvalue weighted by molar-refractivity contribution is 5.35. The van der Waals surface area contributed by atoms with Crippen molar-refractivity contribution in [3.8, 4) is 0 Å². The summed E-state index contributed by atoms with van der Waals surface area (Å²) in [5.41, 5.74) is 0.452. The maximum absolute atomic E-state index is 13.8. The smallest absolute Gasteiger partial charge is 0.161 e. The summed E-state index contributed by atoms with van der Waals surface area (Å²) in [6.45, 7) is 15.1. The molecule has 0 bridgehead atoms. The molecule has 0 aliphatic carbocycles. The van der Waals surface area contributed by atoms with E-state index in [0.29, 0.717) is 12.3 Å². The maximum Gasteiger partial charge on any atom is 0.161 e. The van der Waals surface area contributed by atoms with E-state index >= 15 is 0 Å². The van der Waals surface area contributed by atoms with Gasteiger partial charge in [0.05, 0.1) is 0 Å². The molecule has 104 valence electrons. The molecule has 0 amide bonds. The molecule has 0 fully saturated rings. The second kappa shape index (κ2) is 8.23. The molecule has 0 spiro atoms. The number of halogens is 2. The zero-order chi connectivity index (χ0) is 14.3. The Morgan fingerprint density at radius 1 is 1.00 bits per heavy atom. The van der Waals surface area contributed by atoms with Crippen LogP contribution in [-0.2, 0) is 0 Å². The van der Waals surface area contributed by atoms with Crippen LogP contribution in [0.15, 0.2) is 36.0 Å². The van der Waals surface area contributed by atoms with Gasteiger partial charge in [0, 0.05) is 0 Å². The number of rotatable bonds is 8. The van der Waals surface area contributed by atoms with Crippen molar-refractivity contribution in [1.82, 2.24) is 0 Å². The molecule has 0 radical (unpaired) electrons. The fourth-order valence-electron chi connectivity index (χ4n) is 1.58. The molecule has 0 N–H and O–H groups in total.